The maximum absolute atomic E-state index is 12.0. The van der Waals surface area contributed by atoms with Crippen molar-refractivity contribution in [3.63, 3.8) is 0 Å². The maximum atomic E-state index is 12.0. The van der Waals surface area contributed by atoms with E-state index in [0.717, 1.165) is 42.6 Å². The Hall–Kier alpha value is -3.10. The quantitative estimate of drug-likeness (QED) is 0.527. The second kappa shape index (κ2) is 6.96. The third-order valence-corrected chi connectivity index (χ3v) is 7.32. The van der Waals surface area contributed by atoms with Crippen LogP contribution in [0.1, 0.15) is 44.1 Å². The highest BCUT2D eigenvalue weighted by Gasteiger charge is 2.51. The van der Waals surface area contributed by atoms with Gasteiger partial charge >= 0.3 is 5.69 Å². The van der Waals surface area contributed by atoms with E-state index in [9.17, 15) is 10.1 Å². The second-order valence-corrected chi connectivity index (χ2v) is 9.54. The average Bonchev–Trinajstić information content (AvgIpc) is 3.18. The van der Waals surface area contributed by atoms with Crippen LogP contribution in [0.25, 0.3) is 0 Å². The first-order valence-electron chi connectivity index (χ1n) is 11.0. The molecule has 9 heteroatoms. The predicted octanol–water partition coefficient (Wildman–Crippen LogP) is 4.11. The molecule has 31 heavy (non-hydrogen) atoms. The molecule has 0 radical (unpaired) electrons. The predicted molar refractivity (Wildman–Crippen MR) is 113 cm³/mol. The molecule has 2 N–H and O–H groups in total. The lowest BCUT2D eigenvalue weighted by Crippen LogP contribution is -2.55. The van der Waals surface area contributed by atoms with E-state index in [4.69, 9.17) is 9.47 Å². The molecule has 9 nitrogen and oxygen atoms in total. The number of fused-ring (bicyclic) bond motifs is 1. The zero-order valence-electron chi connectivity index (χ0n) is 17.2. The fraction of sp³-hybridized carbons (Fsp3) is 0.545. The van der Waals surface area contributed by atoms with Crippen molar-refractivity contribution < 1.29 is 14.4 Å². The highest BCUT2D eigenvalue weighted by atomic mass is 16.7. The SMILES string of the molecule is O=[N+]([O-])c1c(NCc2ccc3c(c2)OCO3)ncnc1NC12CC3CC(CC(C3)C1)C2. The van der Waals surface area contributed by atoms with Crippen molar-refractivity contribution >= 4 is 17.3 Å². The van der Waals surface area contributed by atoms with Gasteiger partial charge in [-0.15, -0.1) is 0 Å². The third-order valence-electron chi connectivity index (χ3n) is 7.32. The van der Waals surface area contributed by atoms with Crippen molar-refractivity contribution in [3.05, 3.63) is 40.2 Å². The molecule has 0 spiro atoms. The van der Waals surface area contributed by atoms with Crippen LogP contribution in [0.3, 0.4) is 0 Å². The number of anilines is 2. The molecule has 5 aliphatic rings. The van der Waals surface area contributed by atoms with Gasteiger partial charge in [0.15, 0.2) is 11.5 Å². The van der Waals surface area contributed by atoms with Gasteiger partial charge in [-0.25, -0.2) is 9.97 Å². The van der Waals surface area contributed by atoms with Crippen molar-refractivity contribution in [3.8, 4) is 11.5 Å². The van der Waals surface area contributed by atoms with Crippen LogP contribution >= 0.6 is 0 Å². The molecular formula is C22H25N5O4. The van der Waals surface area contributed by atoms with Crippen LogP contribution in [0.2, 0.25) is 0 Å². The van der Waals surface area contributed by atoms with E-state index in [1.807, 2.05) is 18.2 Å². The molecule has 4 bridgehead atoms. The number of nitrogens with one attached hydrogen (secondary N) is 2. The highest BCUT2D eigenvalue weighted by molar-refractivity contribution is 5.70. The van der Waals surface area contributed by atoms with Crippen LogP contribution in [0, 0.1) is 27.9 Å². The molecule has 1 aromatic heterocycles. The van der Waals surface area contributed by atoms with E-state index in [1.165, 1.54) is 25.6 Å². The molecule has 0 unspecified atom stereocenters. The Morgan fingerprint density at radius 3 is 2.42 bits per heavy atom. The summed E-state index contributed by atoms with van der Waals surface area (Å²) < 4.78 is 10.7. The van der Waals surface area contributed by atoms with Gasteiger partial charge in [0.1, 0.15) is 6.33 Å². The zero-order valence-corrected chi connectivity index (χ0v) is 17.2. The summed E-state index contributed by atoms with van der Waals surface area (Å²) in [4.78, 5) is 20.1. The molecule has 2 heterocycles. The fourth-order valence-corrected chi connectivity index (χ4v) is 6.52. The van der Waals surface area contributed by atoms with Gasteiger partial charge in [0, 0.05) is 12.1 Å². The number of ether oxygens (including phenoxy) is 2. The second-order valence-electron chi connectivity index (χ2n) is 9.54. The normalized spacial score (nSPS) is 29.7. The number of nitro groups is 1. The van der Waals surface area contributed by atoms with Gasteiger partial charge in [-0.3, -0.25) is 10.1 Å². The number of hydrogen-bond donors (Lipinski definition) is 2. The zero-order chi connectivity index (χ0) is 21.0. The summed E-state index contributed by atoms with van der Waals surface area (Å²) >= 11 is 0. The van der Waals surface area contributed by atoms with Crippen LogP contribution in [0.15, 0.2) is 24.5 Å². The Kier molecular flexibility index (Phi) is 4.19. The Balaban J connectivity index is 1.25. The van der Waals surface area contributed by atoms with Crippen LogP contribution in [-0.2, 0) is 6.54 Å². The van der Waals surface area contributed by atoms with Gasteiger partial charge in [0.2, 0.25) is 18.4 Å². The molecule has 162 valence electrons. The summed E-state index contributed by atoms with van der Waals surface area (Å²) in [5.41, 5.74) is 0.773. The monoisotopic (exact) mass is 423 g/mol. The van der Waals surface area contributed by atoms with Crippen molar-refractivity contribution in [1.29, 1.82) is 0 Å². The van der Waals surface area contributed by atoms with E-state index >= 15 is 0 Å². The van der Waals surface area contributed by atoms with Crippen molar-refractivity contribution in [2.24, 2.45) is 17.8 Å². The van der Waals surface area contributed by atoms with Gasteiger partial charge in [-0.05, 0) is 74.0 Å². The number of hydrogen-bond acceptors (Lipinski definition) is 8. The molecular weight excluding hydrogens is 398 g/mol. The summed E-state index contributed by atoms with van der Waals surface area (Å²) in [5.74, 6) is 4.16. The van der Waals surface area contributed by atoms with E-state index < -0.39 is 0 Å². The number of rotatable bonds is 6. The van der Waals surface area contributed by atoms with Gasteiger partial charge in [-0.2, -0.15) is 0 Å². The number of nitrogens with zero attached hydrogens (tertiary/aromatic N) is 3. The van der Waals surface area contributed by atoms with Gasteiger partial charge in [0.25, 0.3) is 0 Å². The van der Waals surface area contributed by atoms with Crippen LogP contribution in [0.5, 0.6) is 11.5 Å². The summed E-state index contributed by atoms with van der Waals surface area (Å²) in [6.07, 6.45) is 8.59. The Bertz CT molecular complexity index is 1010. The van der Waals surface area contributed by atoms with Crippen molar-refractivity contribution in [2.45, 2.75) is 50.6 Å². The van der Waals surface area contributed by atoms with E-state index in [2.05, 4.69) is 20.6 Å². The molecule has 1 aromatic carbocycles. The first kappa shape index (κ1) is 18.7. The summed E-state index contributed by atoms with van der Waals surface area (Å²) in [5, 5.41) is 18.7. The molecule has 7 rings (SSSR count). The molecule has 1 aliphatic heterocycles. The standard InChI is InChI=1S/C22H25N5O4/c28-27(29)19-20(23-10-13-1-2-17-18(6-13)31-12-30-17)24-11-25-21(19)26-22-7-14-3-15(8-22)5-16(4-14)9-22/h1-2,6,11,14-16H,3-5,7-10,12H2,(H2,23,24,25,26). The first-order valence-corrected chi connectivity index (χ1v) is 11.0. The molecule has 4 saturated carbocycles. The van der Waals surface area contributed by atoms with Crippen molar-refractivity contribution in [2.75, 3.05) is 17.4 Å². The van der Waals surface area contributed by atoms with Crippen LogP contribution in [-0.4, -0.2) is 27.2 Å². The van der Waals surface area contributed by atoms with E-state index in [1.54, 1.807) is 0 Å². The molecule has 2 aromatic rings. The van der Waals surface area contributed by atoms with Crippen LogP contribution < -0.4 is 20.1 Å². The average molecular weight is 423 g/mol. The largest absolute Gasteiger partial charge is 0.454 e. The topological polar surface area (TPSA) is 111 Å². The molecule has 4 aliphatic carbocycles. The van der Waals surface area contributed by atoms with E-state index in [0.29, 0.717) is 23.9 Å². The Morgan fingerprint density at radius 1 is 1.03 bits per heavy atom. The molecule has 0 saturated heterocycles. The lowest BCUT2D eigenvalue weighted by atomic mass is 9.53. The Labute approximate surface area is 179 Å². The lowest BCUT2D eigenvalue weighted by molar-refractivity contribution is -0.383. The number of aromatic nitrogens is 2. The maximum Gasteiger partial charge on any atom is 0.353 e. The van der Waals surface area contributed by atoms with Crippen LogP contribution in [0.4, 0.5) is 17.3 Å². The summed E-state index contributed by atoms with van der Waals surface area (Å²) in [7, 11) is 0. The van der Waals surface area contributed by atoms with Gasteiger partial charge < -0.3 is 20.1 Å². The third kappa shape index (κ3) is 3.32. The van der Waals surface area contributed by atoms with Crippen molar-refractivity contribution in [1.82, 2.24) is 9.97 Å². The minimum Gasteiger partial charge on any atom is -0.454 e. The minimum absolute atomic E-state index is 0.0670. The minimum atomic E-state index is -0.384. The first-order chi connectivity index (χ1) is 15.1. The summed E-state index contributed by atoms with van der Waals surface area (Å²) in [6, 6.07) is 5.62. The summed E-state index contributed by atoms with van der Waals surface area (Å²) in [6.45, 7) is 0.592. The smallest absolute Gasteiger partial charge is 0.353 e. The Morgan fingerprint density at radius 2 is 1.71 bits per heavy atom. The molecule has 0 amide bonds. The molecule has 0 atom stereocenters. The van der Waals surface area contributed by atoms with Gasteiger partial charge in [-0.1, -0.05) is 6.07 Å². The fourth-order valence-electron chi connectivity index (χ4n) is 6.52. The van der Waals surface area contributed by atoms with Gasteiger partial charge in [0.05, 0.1) is 4.92 Å². The highest BCUT2D eigenvalue weighted by Crippen LogP contribution is 2.57. The molecule has 4 fully saturated rings. The number of benzene rings is 1. The van der Waals surface area contributed by atoms with E-state index in [-0.39, 0.29) is 28.8 Å². The lowest BCUT2D eigenvalue weighted by Gasteiger charge is -2.57.